The van der Waals surface area contributed by atoms with Crippen molar-refractivity contribution in [3.8, 4) is 11.5 Å². The van der Waals surface area contributed by atoms with Gasteiger partial charge in [0.25, 0.3) is 5.91 Å². The van der Waals surface area contributed by atoms with Crippen molar-refractivity contribution in [2.75, 3.05) is 27.7 Å². The molecular weight excluding hydrogens is 256 g/mol. The monoisotopic (exact) mass is 278 g/mol. The van der Waals surface area contributed by atoms with Crippen LogP contribution in [0.3, 0.4) is 0 Å². The van der Waals surface area contributed by atoms with Gasteiger partial charge in [0.05, 0.1) is 5.56 Å². The van der Waals surface area contributed by atoms with Crippen molar-refractivity contribution in [2.45, 2.75) is 24.8 Å². The third-order valence-corrected chi connectivity index (χ3v) is 4.32. The molecule has 1 aromatic rings. The van der Waals surface area contributed by atoms with Gasteiger partial charge in [-0.25, -0.2) is 0 Å². The molecule has 1 aliphatic carbocycles. The first-order valence-corrected chi connectivity index (χ1v) is 6.81. The van der Waals surface area contributed by atoms with Gasteiger partial charge in [-0.2, -0.15) is 0 Å². The summed E-state index contributed by atoms with van der Waals surface area (Å²) in [5, 5.41) is 19.0. The molecule has 2 N–H and O–H groups in total. The van der Waals surface area contributed by atoms with E-state index in [1.54, 1.807) is 11.9 Å². The molecule has 1 saturated carbocycles. The Morgan fingerprint density at radius 3 is 2.35 bits per heavy atom. The molecule has 0 spiro atoms. The van der Waals surface area contributed by atoms with Gasteiger partial charge in [0.2, 0.25) is 0 Å². The van der Waals surface area contributed by atoms with Gasteiger partial charge in [-0.3, -0.25) is 4.79 Å². The molecule has 1 aliphatic rings. The highest BCUT2D eigenvalue weighted by molar-refractivity contribution is 5.96. The highest BCUT2D eigenvalue weighted by atomic mass is 16.3. The second-order valence-corrected chi connectivity index (χ2v) is 5.83. The van der Waals surface area contributed by atoms with Crippen molar-refractivity contribution < 1.29 is 15.0 Å². The number of hydrogen-bond acceptors (Lipinski definition) is 4. The third kappa shape index (κ3) is 2.58. The minimum Gasteiger partial charge on any atom is -0.508 e. The molecule has 0 aromatic heterocycles. The maximum Gasteiger partial charge on any atom is 0.257 e. The average Bonchev–Trinajstić information content (AvgIpc) is 2.32. The SMILES string of the molecule is CN(CC1(N(C)C)CCC1)C(=O)c1ccc(O)cc1O. The molecule has 5 heteroatoms. The number of nitrogens with zero attached hydrogens (tertiary/aromatic N) is 2. The van der Waals surface area contributed by atoms with Crippen molar-refractivity contribution >= 4 is 5.91 Å². The number of aromatic hydroxyl groups is 2. The van der Waals surface area contributed by atoms with Crippen molar-refractivity contribution in [3.63, 3.8) is 0 Å². The van der Waals surface area contributed by atoms with E-state index >= 15 is 0 Å². The van der Waals surface area contributed by atoms with Crippen LogP contribution in [-0.2, 0) is 0 Å². The Balaban J connectivity index is 2.12. The number of carbonyl (C=O) groups is 1. The number of rotatable bonds is 4. The van der Waals surface area contributed by atoms with E-state index in [1.807, 2.05) is 14.1 Å². The van der Waals surface area contributed by atoms with Gasteiger partial charge in [-0.1, -0.05) is 0 Å². The second kappa shape index (κ2) is 5.32. The lowest BCUT2D eigenvalue weighted by Crippen LogP contribution is -2.57. The molecule has 1 fully saturated rings. The Hall–Kier alpha value is -1.75. The quantitative estimate of drug-likeness (QED) is 0.879. The van der Waals surface area contributed by atoms with Crippen molar-refractivity contribution in [1.29, 1.82) is 0 Å². The fourth-order valence-corrected chi connectivity index (χ4v) is 2.75. The molecule has 0 saturated heterocycles. The topological polar surface area (TPSA) is 64.0 Å². The minimum atomic E-state index is -0.226. The zero-order valence-electron chi connectivity index (χ0n) is 12.3. The molecular formula is C15H22N2O3. The van der Waals surface area contributed by atoms with E-state index in [4.69, 9.17) is 0 Å². The van der Waals surface area contributed by atoms with Crippen LogP contribution in [0.1, 0.15) is 29.6 Å². The molecule has 0 unspecified atom stereocenters. The van der Waals surface area contributed by atoms with Crippen LogP contribution < -0.4 is 0 Å². The minimum absolute atomic E-state index is 0.0505. The number of hydrogen-bond donors (Lipinski definition) is 2. The summed E-state index contributed by atoms with van der Waals surface area (Å²) >= 11 is 0. The molecule has 110 valence electrons. The summed E-state index contributed by atoms with van der Waals surface area (Å²) in [7, 11) is 5.82. The lowest BCUT2D eigenvalue weighted by atomic mass is 9.75. The highest BCUT2D eigenvalue weighted by Gasteiger charge is 2.40. The lowest BCUT2D eigenvalue weighted by Gasteiger charge is -2.49. The predicted molar refractivity (Wildman–Crippen MR) is 77.0 cm³/mol. The molecule has 0 bridgehead atoms. The van der Waals surface area contributed by atoms with Crippen LogP contribution in [0.25, 0.3) is 0 Å². The fraction of sp³-hybridized carbons (Fsp3) is 0.533. The number of benzene rings is 1. The molecule has 0 radical (unpaired) electrons. The summed E-state index contributed by atoms with van der Waals surface area (Å²) in [5.41, 5.74) is 0.273. The van der Waals surface area contributed by atoms with E-state index in [9.17, 15) is 15.0 Å². The number of amides is 1. The van der Waals surface area contributed by atoms with Gasteiger partial charge < -0.3 is 20.0 Å². The second-order valence-electron chi connectivity index (χ2n) is 5.83. The van der Waals surface area contributed by atoms with E-state index in [0.29, 0.717) is 6.54 Å². The van der Waals surface area contributed by atoms with Crippen molar-refractivity contribution in [3.05, 3.63) is 23.8 Å². The molecule has 0 aliphatic heterocycles. The van der Waals surface area contributed by atoms with E-state index in [-0.39, 0.29) is 28.5 Å². The van der Waals surface area contributed by atoms with E-state index in [1.165, 1.54) is 24.6 Å². The van der Waals surface area contributed by atoms with E-state index in [2.05, 4.69) is 4.90 Å². The van der Waals surface area contributed by atoms with Crippen LogP contribution in [-0.4, -0.2) is 59.1 Å². The smallest absolute Gasteiger partial charge is 0.257 e. The van der Waals surface area contributed by atoms with Crippen LogP contribution >= 0.6 is 0 Å². The van der Waals surface area contributed by atoms with Gasteiger partial charge in [0.15, 0.2) is 0 Å². The fourth-order valence-electron chi connectivity index (χ4n) is 2.75. The van der Waals surface area contributed by atoms with Crippen molar-refractivity contribution in [1.82, 2.24) is 9.80 Å². The van der Waals surface area contributed by atoms with E-state index < -0.39 is 0 Å². The molecule has 5 nitrogen and oxygen atoms in total. The van der Waals surface area contributed by atoms with Crippen LogP contribution in [0, 0.1) is 0 Å². The normalized spacial score (nSPS) is 16.8. The van der Waals surface area contributed by atoms with E-state index in [0.717, 1.165) is 12.8 Å². The molecule has 1 aromatic carbocycles. The van der Waals surface area contributed by atoms with Gasteiger partial charge in [0.1, 0.15) is 11.5 Å². The molecule has 0 atom stereocenters. The Morgan fingerprint density at radius 1 is 1.25 bits per heavy atom. The van der Waals surface area contributed by atoms with Crippen LogP contribution in [0.4, 0.5) is 0 Å². The first-order chi connectivity index (χ1) is 9.35. The maximum absolute atomic E-state index is 12.4. The first kappa shape index (κ1) is 14.7. The molecule has 2 rings (SSSR count). The van der Waals surface area contributed by atoms with Crippen LogP contribution in [0.15, 0.2) is 18.2 Å². The maximum atomic E-state index is 12.4. The Kier molecular flexibility index (Phi) is 3.90. The summed E-state index contributed by atoms with van der Waals surface area (Å²) in [6.45, 7) is 0.638. The number of likely N-dealkylation sites (N-methyl/N-ethyl adjacent to an activating group) is 2. The van der Waals surface area contributed by atoms with Gasteiger partial charge in [0, 0.05) is 25.2 Å². The molecule has 1 amide bonds. The number of carbonyl (C=O) groups excluding carboxylic acids is 1. The first-order valence-electron chi connectivity index (χ1n) is 6.81. The van der Waals surface area contributed by atoms with Crippen LogP contribution in [0.5, 0.6) is 11.5 Å². The van der Waals surface area contributed by atoms with Gasteiger partial charge in [-0.15, -0.1) is 0 Å². The zero-order chi connectivity index (χ0) is 14.9. The van der Waals surface area contributed by atoms with Gasteiger partial charge >= 0.3 is 0 Å². The van der Waals surface area contributed by atoms with Gasteiger partial charge in [-0.05, 0) is 45.5 Å². The van der Waals surface area contributed by atoms with Crippen molar-refractivity contribution in [2.24, 2.45) is 0 Å². The summed E-state index contributed by atoms with van der Waals surface area (Å²) in [5.74, 6) is -0.463. The Bertz CT molecular complexity index is 510. The Morgan fingerprint density at radius 2 is 1.90 bits per heavy atom. The Labute approximate surface area is 119 Å². The summed E-state index contributed by atoms with van der Waals surface area (Å²) in [6.07, 6.45) is 3.35. The highest BCUT2D eigenvalue weighted by Crippen LogP contribution is 2.37. The summed E-state index contributed by atoms with van der Waals surface area (Å²) in [4.78, 5) is 16.2. The lowest BCUT2D eigenvalue weighted by molar-refractivity contribution is 0.0251. The third-order valence-electron chi connectivity index (χ3n) is 4.32. The zero-order valence-corrected chi connectivity index (χ0v) is 12.3. The number of phenols is 2. The largest absolute Gasteiger partial charge is 0.508 e. The summed E-state index contributed by atoms with van der Waals surface area (Å²) in [6, 6.07) is 4.05. The predicted octanol–water partition coefficient (Wildman–Crippen LogP) is 1.65. The standard InChI is InChI=1S/C15H22N2O3/c1-16(2)15(7-4-8-15)10-17(3)14(20)12-6-5-11(18)9-13(12)19/h5-6,9,18-19H,4,7-8,10H2,1-3H3. The summed E-state index contributed by atoms with van der Waals surface area (Å²) < 4.78 is 0. The molecule has 0 heterocycles. The average molecular weight is 278 g/mol. The number of phenolic OH excluding ortho intramolecular Hbond substituents is 2. The van der Waals surface area contributed by atoms with Crippen LogP contribution in [0.2, 0.25) is 0 Å². The molecule has 20 heavy (non-hydrogen) atoms.